The number of hydrogen-bond donors (Lipinski definition) is 1. The van der Waals surface area contributed by atoms with E-state index in [0.29, 0.717) is 5.82 Å². The van der Waals surface area contributed by atoms with Crippen molar-refractivity contribution in [2.45, 2.75) is 0 Å². The molecule has 0 atom stereocenters. The van der Waals surface area contributed by atoms with Crippen molar-refractivity contribution in [2.75, 3.05) is 0 Å². The van der Waals surface area contributed by atoms with E-state index in [2.05, 4.69) is 9.97 Å². The molecule has 4 nitrogen and oxygen atoms in total. The Bertz CT molecular complexity index is 370. The number of H-pyrrole nitrogens is 1. The summed E-state index contributed by atoms with van der Waals surface area (Å²) in [6, 6.07) is 3.51. The fourth-order valence-electron chi connectivity index (χ4n) is 1.02. The van der Waals surface area contributed by atoms with Crippen molar-refractivity contribution in [1.29, 1.82) is 0 Å². The number of imidazole rings is 1. The van der Waals surface area contributed by atoms with Gasteiger partial charge in [0.2, 0.25) is 0 Å². The normalized spacial score (nSPS) is 10.0. The molecular weight excluding hydrogens is 154 g/mol. The lowest BCUT2D eigenvalue weighted by atomic mass is 10.3. The predicted octanol–water partition coefficient (Wildman–Crippen LogP) is 0.710. The first kappa shape index (κ1) is 6.84. The average molecular weight is 161 g/mol. The second-order valence-corrected chi connectivity index (χ2v) is 2.39. The molecule has 2 rings (SSSR count). The first-order chi connectivity index (χ1) is 5.86. The highest BCUT2D eigenvalue weighted by molar-refractivity contribution is 5.51. The number of hydrogen-bond acceptors (Lipinski definition) is 2. The van der Waals surface area contributed by atoms with E-state index < -0.39 is 0 Å². The van der Waals surface area contributed by atoms with E-state index in [1.807, 2.05) is 6.07 Å². The summed E-state index contributed by atoms with van der Waals surface area (Å²) in [5, 5.41) is 10.9. The van der Waals surface area contributed by atoms with E-state index in [4.69, 9.17) is 0 Å². The highest BCUT2D eigenvalue weighted by Gasteiger charge is 2.01. The topological polar surface area (TPSA) is 55.6 Å². The second kappa shape index (κ2) is 2.65. The monoisotopic (exact) mass is 161 g/mol. The Kier molecular flexibility index (Phi) is 1.51. The lowest BCUT2D eigenvalue weighted by Gasteiger charge is -1.96. The smallest absolute Gasteiger partial charge is 0.191 e. The Labute approximate surface area is 69.1 Å². The van der Waals surface area contributed by atoms with Gasteiger partial charge in [0.25, 0.3) is 0 Å². The fraction of sp³-hybridized carbons (Fsp3) is 0. The zero-order chi connectivity index (χ0) is 8.39. The molecule has 0 radical (unpaired) electrons. The number of aromatic nitrogens is 3. The Hall–Kier alpha value is -1.84. The summed E-state index contributed by atoms with van der Waals surface area (Å²) in [5.74, 6) is 0.709. The zero-order valence-corrected chi connectivity index (χ0v) is 6.27. The molecule has 2 aromatic rings. The van der Waals surface area contributed by atoms with Crippen LogP contribution in [0.4, 0.5) is 0 Å². The fourth-order valence-corrected chi connectivity index (χ4v) is 1.02. The van der Waals surface area contributed by atoms with Crippen molar-refractivity contribution in [2.24, 2.45) is 0 Å². The Balaban J connectivity index is 2.48. The SMILES string of the molecule is [O-][n+]1cccc(-c2ncc[nH]2)c1. The van der Waals surface area contributed by atoms with Gasteiger partial charge < -0.3 is 10.2 Å². The van der Waals surface area contributed by atoms with Gasteiger partial charge in [0, 0.05) is 18.5 Å². The van der Waals surface area contributed by atoms with Crippen LogP contribution in [0.1, 0.15) is 0 Å². The van der Waals surface area contributed by atoms with Gasteiger partial charge in [-0.3, -0.25) is 0 Å². The first-order valence-corrected chi connectivity index (χ1v) is 3.55. The van der Waals surface area contributed by atoms with Gasteiger partial charge >= 0.3 is 0 Å². The molecule has 0 fully saturated rings. The average Bonchev–Trinajstić information content (AvgIpc) is 2.56. The van der Waals surface area contributed by atoms with Gasteiger partial charge in [-0.05, 0) is 6.07 Å². The molecule has 2 aromatic heterocycles. The highest BCUT2D eigenvalue weighted by atomic mass is 16.5. The van der Waals surface area contributed by atoms with Crippen molar-refractivity contribution in [1.82, 2.24) is 9.97 Å². The summed E-state index contributed by atoms with van der Waals surface area (Å²) in [6.45, 7) is 0. The van der Waals surface area contributed by atoms with Gasteiger partial charge in [-0.25, -0.2) is 4.98 Å². The zero-order valence-electron chi connectivity index (χ0n) is 6.27. The summed E-state index contributed by atoms with van der Waals surface area (Å²) in [4.78, 5) is 6.94. The third-order valence-electron chi connectivity index (χ3n) is 1.55. The Morgan fingerprint density at radius 2 is 2.42 bits per heavy atom. The van der Waals surface area contributed by atoms with Crippen LogP contribution in [0.25, 0.3) is 11.4 Å². The molecule has 2 heterocycles. The number of aromatic amines is 1. The quantitative estimate of drug-likeness (QED) is 0.494. The van der Waals surface area contributed by atoms with Crippen LogP contribution in [0, 0.1) is 5.21 Å². The van der Waals surface area contributed by atoms with Crippen molar-refractivity contribution in [3.8, 4) is 11.4 Å². The molecule has 1 N–H and O–H groups in total. The van der Waals surface area contributed by atoms with Crippen molar-refractivity contribution >= 4 is 0 Å². The predicted molar refractivity (Wildman–Crippen MR) is 43.0 cm³/mol. The Morgan fingerprint density at radius 3 is 3.08 bits per heavy atom. The molecule has 0 saturated heterocycles. The molecule has 0 spiro atoms. The number of nitrogens with one attached hydrogen (secondary N) is 1. The lowest BCUT2D eigenvalue weighted by molar-refractivity contribution is -0.604. The molecule has 0 bridgehead atoms. The van der Waals surface area contributed by atoms with E-state index in [0.717, 1.165) is 10.3 Å². The highest BCUT2D eigenvalue weighted by Crippen LogP contribution is 2.09. The summed E-state index contributed by atoms with van der Waals surface area (Å²) < 4.78 is 0.748. The number of nitrogens with zero attached hydrogens (tertiary/aromatic N) is 2. The molecule has 0 aliphatic rings. The van der Waals surface area contributed by atoms with Crippen molar-refractivity contribution in [3.05, 3.63) is 42.1 Å². The molecule has 0 unspecified atom stereocenters. The summed E-state index contributed by atoms with van der Waals surface area (Å²) in [7, 11) is 0. The van der Waals surface area contributed by atoms with Gasteiger partial charge in [0.15, 0.2) is 12.4 Å². The maximum Gasteiger partial charge on any atom is 0.191 e. The minimum atomic E-state index is 0.709. The molecule has 0 amide bonds. The van der Waals surface area contributed by atoms with E-state index in [1.165, 1.54) is 12.4 Å². The van der Waals surface area contributed by atoms with Crippen LogP contribution < -0.4 is 4.73 Å². The van der Waals surface area contributed by atoms with Crippen LogP contribution in [-0.4, -0.2) is 9.97 Å². The van der Waals surface area contributed by atoms with E-state index in [9.17, 15) is 5.21 Å². The molecule has 0 aliphatic heterocycles. The van der Waals surface area contributed by atoms with Crippen molar-refractivity contribution in [3.63, 3.8) is 0 Å². The third-order valence-corrected chi connectivity index (χ3v) is 1.55. The lowest BCUT2D eigenvalue weighted by Crippen LogP contribution is -2.24. The standard InChI is InChI=1S/C8H7N3O/c12-11-5-1-2-7(6-11)8-9-3-4-10-8/h1-6H,(H,9,10). The molecule has 0 aromatic carbocycles. The maximum absolute atomic E-state index is 10.9. The van der Waals surface area contributed by atoms with Crippen molar-refractivity contribution < 1.29 is 4.73 Å². The largest absolute Gasteiger partial charge is 0.619 e. The van der Waals surface area contributed by atoms with Crippen LogP contribution in [0.15, 0.2) is 36.9 Å². The van der Waals surface area contributed by atoms with Crippen LogP contribution in [0.3, 0.4) is 0 Å². The molecule has 0 aliphatic carbocycles. The summed E-state index contributed by atoms with van der Waals surface area (Å²) >= 11 is 0. The van der Waals surface area contributed by atoms with E-state index in [1.54, 1.807) is 18.5 Å². The number of pyridine rings is 1. The summed E-state index contributed by atoms with van der Waals surface area (Å²) in [5.41, 5.74) is 0.789. The van der Waals surface area contributed by atoms with Crippen LogP contribution in [-0.2, 0) is 0 Å². The second-order valence-electron chi connectivity index (χ2n) is 2.39. The van der Waals surface area contributed by atoms with Gasteiger partial charge in [-0.1, -0.05) is 0 Å². The van der Waals surface area contributed by atoms with Crippen LogP contribution >= 0.6 is 0 Å². The summed E-state index contributed by atoms with van der Waals surface area (Å²) in [6.07, 6.45) is 6.28. The van der Waals surface area contributed by atoms with Gasteiger partial charge in [0.05, 0.1) is 5.56 Å². The minimum absolute atomic E-state index is 0.709. The molecule has 60 valence electrons. The number of rotatable bonds is 1. The first-order valence-electron chi connectivity index (χ1n) is 3.55. The molecule has 4 heteroatoms. The van der Waals surface area contributed by atoms with Gasteiger partial charge in [-0.15, -0.1) is 0 Å². The van der Waals surface area contributed by atoms with Crippen LogP contribution in [0.2, 0.25) is 0 Å². The van der Waals surface area contributed by atoms with Crippen LogP contribution in [0.5, 0.6) is 0 Å². The Morgan fingerprint density at radius 1 is 1.50 bits per heavy atom. The van der Waals surface area contributed by atoms with Gasteiger partial charge in [-0.2, -0.15) is 4.73 Å². The van der Waals surface area contributed by atoms with E-state index in [-0.39, 0.29) is 0 Å². The minimum Gasteiger partial charge on any atom is -0.619 e. The molecule has 0 saturated carbocycles. The maximum atomic E-state index is 10.9. The van der Waals surface area contributed by atoms with Gasteiger partial charge in [0.1, 0.15) is 5.82 Å². The van der Waals surface area contributed by atoms with E-state index >= 15 is 0 Å². The molecule has 12 heavy (non-hydrogen) atoms. The molecular formula is C8H7N3O. The third kappa shape index (κ3) is 1.14.